The number of amides is 1. The molecular formula is C16H21NO4. The van der Waals surface area contributed by atoms with Gasteiger partial charge in [-0.15, -0.1) is 0 Å². The number of rotatable bonds is 4. The summed E-state index contributed by atoms with van der Waals surface area (Å²) in [7, 11) is 0. The molecule has 114 valence electrons. The third-order valence-corrected chi connectivity index (χ3v) is 4.17. The Labute approximate surface area is 124 Å². The van der Waals surface area contributed by atoms with Crippen molar-refractivity contribution in [2.75, 3.05) is 13.1 Å². The van der Waals surface area contributed by atoms with Crippen LogP contribution in [0.3, 0.4) is 0 Å². The number of aromatic hydroxyl groups is 1. The lowest BCUT2D eigenvalue weighted by molar-refractivity contribution is -0.153. The lowest BCUT2D eigenvalue weighted by Crippen LogP contribution is -2.48. The second-order valence-electron chi connectivity index (χ2n) is 5.91. The van der Waals surface area contributed by atoms with Gasteiger partial charge in [-0.3, -0.25) is 9.59 Å². The number of carbonyl (C=O) groups excluding carboxylic acids is 1. The topological polar surface area (TPSA) is 77.8 Å². The summed E-state index contributed by atoms with van der Waals surface area (Å²) >= 11 is 0. The molecule has 2 rings (SSSR count). The molecule has 1 fully saturated rings. The number of nitrogens with zero attached hydrogens (tertiary/aromatic N) is 1. The van der Waals surface area contributed by atoms with Gasteiger partial charge in [0, 0.05) is 19.5 Å². The molecule has 1 saturated heterocycles. The molecule has 0 bridgehead atoms. The van der Waals surface area contributed by atoms with Gasteiger partial charge in [-0.1, -0.05) is 18.2 Å². The first kappa shape index (κ1) is 15.4. The highest BCUT2D eigenvalue weighted by Gasteiger charge is 2.39. The fourth-order valence-electron chi connectivity index (χ4n) is 2.75. The van der Waals surface area contributed by atoms with E-state index in [2.05, 4.69) is 0 Å². The number of phenols is 1. The summed E-state index contributed by atoms with van der Waals surface area (Å²) in [5, 5.41) is 19.0. The molecule has 0 saturated carbocycles. The Morgan fingerprint density at radius 1 is 1.33 bits per heavy atom. The van der Waals surface area contributed by atoms with Crippen LogP contribution in [0.1, 0.15) is 31.7 Å². The Balaban J connectivity index is 1.94. The van der Waals surface area contributed by atoms with E-state index in [9.17, 15) is 19.8 Å². The van der Waals surface area contributed by atoms with E-state index in [1.165, 1.54) is 0 Å². The van der Waals surface area contributed by atoms with E-state index in [1.54, 1.807) is 30.0 Å². The number of carboxylic acids is 1. The Morgan fingerprint density at radius 2 is 2.05 bits per heavy atom. The summed E-state index contributed by atoms with van der Waals surface area (Å²) in [6, 6.07) is 6.95. The van der Waals surface area contributed by atoms with Crippen LogP contribution < -0.4 is 0 Å². The number of piperidine rings is 1. The van der Waals surface area contributed by atoms with Crippen LogP contribution in [0.2, 0.25) is 0 Å². The highest BCUT2D eigenvalue weighted by atomic mass is 16.4. The van der Waals surface area contributed by atoms with Crippen LogP contribution in [-0.2, 0) is 16.0 Å². The molecule has 1 heterocycles. The van der Waals surface area contributed by atoms with E-state index in [-0.39, 0.29) is 24.6 Å². The molecule has 5 heteroatoms. The van der Waals surface area contributed by atoms with Gasteiger partial charge in [0.1, 0.15) is 5.75 Å². The van der Waals surface area contributed by atoms with Crippen LogP contribution in [0, 0.1) is 5.41 Å². The van der Waals surface area contributed by atoms with Crippen molar-refractivity contribution in [2.24, 2.45) is 5.41 Å². The lowest BCUT2D eigenvalue weighted by Gasteiger charge is -2.37. The third-order valence-electron chi connectivity index (χ3n) is 4.17. The molecule has 1 unspecified atom stereocenters. The smallest absolute Gasteiger partial charge is 0.311 e. The van der Waals surface area contributed by atoms with E-state index in [0.29, 0.717) is 25.8 Å². The van der Waals surface area contributed by atoms with Crippen LogP contribution >= 0.6 is 0 Å². The summed E-state index contributed by atoms with van der Waals surface area (Å²) in [5.74, 6) is -0.703. The lowest BCUT2D eigenvalue weighted by atomic mass is 9.82. The predicted molar refractivity (Wildman–Crippen MR) is 78.0 cm³/mol. The van der Waals surface area contributed by atoms with Gasteiger partial charge in [0.2, 0.25) is 5.91 Å². The number of aryl methyl sites for hydroxylation is 1. The third kappa shape index (κ3) is 3.54. The Morgan fingerprint density at radius 3 is 2.71 bits per heavy atom. The molecule has 1 aliphatic rings. The van der Waals surface area contributed by atoms with Gasteiger partial charge in [0.25, 0.3) is 0 Å². The van der Waals surface area contributed by atoms with Crippen molar-refractivity contribution in [1.82, 2.24) is 4.90 Å². The fourth-order valence-corrected chi connectivity index (χ4v) is 2.75. The minimum Gasteiger partial charge on any atom is -0.508 e. The first-order valence-electron chi connectivity index (χ1n) is 7.20. The summed E-state index contributed by atoms with van der Waals surface area (Å²) in [4.78, 5) is 25.2. The first-order valence-corrected chi connectivity index (χ1v) is 7.20. The number of hydrogen-bond donors (Lipinski definition) is 2. The van der Waals surface area contributed by atoms with Gasteiger partial charge in [-0.05, 0) is 37.8 Å². The van der Waals surface area contributed by atoms with Crippen LogP contribution in [0.5, 0.6) is 5.75 Å². The zero-order chi connectivity index (χ0) is 15.5. The average Bonchev–Trinajstić information content (AvgIpc) is 2.46. The van der Waals surface area contributed by atoms with Gasteiger partial charge in [-0.2, -0.15) is 0 Å². The minimum atomic E-state index is -0.847. The number of aliphatic carboxylic acids is 1. The Bertz CT molecular complexity index is 543. The number of para-hydroxylation sites is 1. The summed E-state index contributed by atoms with van der Waals surface area (Å²) < 4.78 is 0. The molecule has 2 N–H and O–H groups in total. The van der Waals surface area contributed by atoms with Gasteiger partial charge in [0.05, 0.1) is 5.41 Å². The summed E-state index contributed by atoms with van der Waals surface area (Å²) in [5.41, 5.74) is -0.105. The number of likely N-dealkylation sites (tertiary alicyclic amines) is 1. The van der Waals surface area contributed by atoms with Crippen molar-refractivity contribution in [3.8, 4) is 5.75 Å². The predicted octanol–water partition coefficient (Wildman–Crippen LogP) is 2.04. The quantitative estimate of drug-likeness (QED) is 0.890. The van der Waals surface area contributed by atoms with Crippen LogP contribution in [-0.4, -0.2) is 40.1 Å². The molecule has 1 aromatic carbocycles. The minimum absolute atomic E-state index is 0.0505. The van der Waals surface area contributed by atoms with Gasteiger partial charge >= 0.3 is 5.97 Å². The number of benzene rings is 1. The molecule has 5 nitrogen and oxygen atoms in total. The summed E-state index contributed by atoms with van der Waals surface area (Å²) in [6.45, 7) is 2.57. The molecule has 21 heavy (non-hydrogen) atoms. The van der Waals surface area contributed by atoms with Gasteiger partial charge in [-0.25, -0.2) is 0 Å². The largest absolute Gasteiger partial charge is 0.508 e. The maximum atomic E-state index is 12.2. The molecule has 0 aliphatic carbocycles. The average molecular weight is 291 g/mol. The van der Waals surface area contributed by atoms with E-state index in [4.69, 9.17) is 0 Å². The molecule has 0 radical (unpaired) electrons. The second kappa shape index (κ2) is 6.16. The first-order chi connectivity index (χ1) is 9.92. The van der Waals surface area contributed by atoms with Gasteiger partial charge in [0.15, 0.2) is 0 Å². The molecule has 1 aromatic rings. The summed E-state index contributed by atoms with van der Waals surface area (Å²) in [6.07, 6.45) is 2.07. The van der Waals surface area contributed by atoms with Crippen molar-refractivity contribution < 1.29 is 19.8 Å². The fraction of sp³-hybridized carbons (Fsp3) is 0.500. The van der Waals surface area contributed by atoms with Crippen LogP contribution in [0.25, 0.3) is 0 Å². The van der Waals surface area contributed by atoms with E-state index < -0.39 is 11.4 Å². The van der Waals surface area contributed by atoms with E-state index in [0.717, 1.165) is 5.56 Å². The zero-order valence-electron chi connectivity index (χ0n) is 12.2. The van der Waals surface area contributed by atoms with Crippen molar-refractivity contribution in [3.05, 3.63) is 29.8 Å². The highest BCUT2D eigenvalue weighted by Crippen LogP contribution is 2.30. The van der Waals surface area contributed by atoms with Gasteiger partial charge < -0.3 is 15.1 Å². The SMILES string of the molecule is CC1(C(=O)O)CCCN(C(=O)CCc2ccccc2O)C1. The van der Waals surface area contributed by atoms with Crippen LogP contribution in [0.15, 0.2) is 24.3 Å². The van der Waals surface area contributed by atoms with E-state index >= 15 is 0 Å². The Hall–Kier alpha value is -2.04. The molecule has 0 spiro atoms. The zero-order valence-corrected chi connectivity index (χ0v) is 12.2. The maximum Gasteiger partial charge on any atom is 0.311 e. The van der Waals surface area contributed by atoms with Crippen molar-refractivity contribution in [1.29, 1.82) is 0 Å². The second-order valence-corrected chi connectivity index (χ2v) is 5.91. The number of phenolic OH excluding ortho intramolecular Hbond substituents is 1. The molecule has 1 atom stereocenters. The van der Waals surface area contributed by atoms with Crippen molar-refractivity contribution in [3.63, 3.8) is 0 Å². The Kier molecular flexibility index (Phi) is 4.50. The molecule has 1 aliphatic heterocycles. The normalized spacial score (nSPS) is 22.0. The molecular weight excluding hydrogens is 270 g/mol. The molecule has 0 aromatic heterocycles. The monoisotopic (exact) mass is 291 g/mol. The number of carboxylic acid groups (broad SMARTS) is 1. The van der Waals surface area contributed by atoms with Crippen LogP contribution in [0.4, 0.5) is 0 Å². The molecule has 1 amide bonds. The highest BCUT2D eigenvalue weighted by molar-refractivity contribution is 5.79. The van der Waals surface area contributed by atoms with E-state index in [1.807, 2.05) is 6.07 Å². The number of carbonyl (C=O) groups is 2. The maximum absolute atomic E-state index is 12.2. The standard InChI is InChI=1S/C16H21NO4/c1-16(15(20)21)9-4-10-17(11-16)14(19)8-7-12-5-2-3-6-13(12)18/h2-3,5-6,18H,4,7-11H2,1H3,(H,20,21). The van der Waals surface area contributed by atoms with Crippen molar-refractivity contribution in [2.45, 2.75) is 32.6 Å². The van der Waals surface area contributed by atoms with Crippen molar-refractivity contribution >= 4 is 11.9 Å². The number of hydrogen-bond acceptors (Lipinski definition) is 3.